The molecule has 1 amide bonds. The monoisotopic (exact) mass is 248 g/mol. The molecule has 1 aromatic rings. The number of amides is 1. The molecule has 3 N–H and O–H groups in total. The Bertz CT molecular complexity index is 413. The zero-order valence-corrected chi connectivity index (χ0v) is 11.8. The molecule has 3 nitrogen and oxygen atoms in total. The molecule has 0 radical (unpaired) electrons. The van der Waals surface area contributed by atoms with Crippen molar-refractivity contribution in [3.63, 3.8) is 0 Å². The van der Waals surface area contributed by atoms with Crippen molar-refractivity contribution in [2.24, 2.45) is 5.92 Å². The Hall–Kier alpha value is -1.51. The molecule has 18 heavy (non-hydrogen) atoms. The normalized spacial score (nSPS) is 12.5. The van der Waals surface area contributed by atoms with Crippen molar-refractivity contribution >= 4 is 11.6 Å². The van der Waals surface area contributed by atoms with Gasteiger partial charge in [-0.3, -0.25) is 4.79 Å². The first-order valence-corrected chi connectivity index (χ1v) is 6.57. The van der Waals surface area contributed by atoms with Crippen LogP contribution in [0.3, 0.4) is 0 Å². The Kier molecular flexibility index (Phi) is 5.20. The van der Waals surface area contributed by atoms with Gasteiger partial charge in [0.05, 0.1) is 0 Å². The zero-order chi connectivity index (χ0) is 13.7. The van der Waals surface area contributed by atoms with Crippen LogP contribution in [-0.4, -0.2) is 11.9 Å². The van der Waals surface area contributed by atoms with Gasteiger partial charge in [-0.15, -0.1) is 0 Å². The van der Waals surface area contributed by atoms with Gasteiger partial charge in [-0.05, 0) is 56.4 Å². The molecule has 0 aliphatic rings. The first-order valence-electron chi connectivity index (χ1n) is 6.57. The Morgan fingerprint density at radius 1 is 1.28 bits per heavy atom. The van der Waals surface area contributed by atoms with E-state index in [1.165, 1.54) is 0 Å². The minimum Gasteiger partial charge on any atom is -0.399 e. The van der Waals surface area contributed by atoms with Crippen LogP contribution in [0.2, 0.25) is 0 Å². The summed E-state index contributed by atoms with van der Waals surface area (Å²) in [6.07, 6.45) is 2.14. The number of carbonyl (C=O) groups excluding carboxylic acids is 1. The van der Waals surface area contributed by atoms with Crippen LogP contribution in [0.1, 0.15) is 49.5 Å². The Morgan fingerprint density at radius 3 is 2.50 bits per heavy atom. The first-order chi connectivity index (χ1) is 8.40. The van der Waals surface area contributed by atoms with Gasteiger partial charge < -0.3 is 11.1 Å². The minimum atomic E-state index is -0.0104. The maximum absolute atomic E-state index is 12.1. The number of rotatable bonds is 5. The zero-order valence-electron chi connectivity index (χ0n) is 11.8. The lowest BCUT2D eigenvalue weighted by Gasteiger charge is -2.16. The quantitative estimate of drug-likeness (QED) is 0.787. The van der Waals surface area contributed by atoms with Gasteiger partial charge in [0.2, 0.25) is 0 Å². The van der Waals surface area contributed by atoms with Crippen molar-refractivity contribution in [2.75, 3.05) is 5.73 Å². The topological polar surface area (TPSA) is 55.1 Å². The van der Waals surface area contributed by atoms with E-state index in [9.17, 15) is 4.79 Å². The Morgan fingerprint density at radius 2 is 1.94 bits per heavy atom. The van der Waals surface area contributed by atoms with Crippen molar-refractivity contribution in [3.8, 4) is 0 Å². The van der Waals surface area contributed by atoms with Crippen molar-refractivity contribution < 1.29 is 4.79 Å². The highest BCUT2D eigenvalue weighted by Gasteiger charge is 2.12. The third-order valence-electron chi connectivity index (χ3n) is 3.05. The number of hydrogen-bond donors (Lipinski definition) is 2. The second kappa shape index (κ2) is 6.43. The van der Waals surface area contributed by atoms with E-state index >= 15 is 0 Å². The number of benzene rings is 1. The molecule has 3 heteroatoms. The number of nitrogens with one attached hydrogen (secondary N) is 1. The largest absolute Gasteiger partial charge is 0.399 e. The van der Waals surface area contributed by atoms with E-state index in [0.717, 1.165) is 18.4 Å². The lowest BCUT2D eigenvalue weighted by molar-refractivity contribution is 0.0936. The van der Waals surface area contributed by atoms with Gasteiger partial charge in [-0.25, -0.2) is 0 Å². The molecule has 1 atom stereocenters. The van der Waals surface area contributed by atoms with Crippen LogP contribution in [0.15, 0.2) is 18.2 Å². The molecular formula is C15H24N2O. The molecule has 0 spiro atoms. The van der Waals surface area contributed by atoms with E-state index in [1.807, 2.05) is 19.9 Å². The highest BCUT2D eigenvalue weighted by atomic mass is 16.1. The van der Waals surface area contributed by atoms with Crippen LogP contribution in [0.25, 0.3) is 0 Å². The van der Waals surface area contributed by atoms with Gasteiger partial charge in [0.25, 0.3) is 5.91 Å². The molecule has 0 bridgehead atoms. The predicted molar refractivity (Wildman–Crippen MR) is 76.6 cm³/mol. The molecule has 0 fully saturated rings. The van der Waals surface area contributed by atoms with Crippen LogP contribution in [0.4, 0.5) is 5.69 Å². The summed E-state index contributed by atoms with van der Waals surface area (Å²) in [6.45, 7) is 8.34. The van der Waals surface area contributed by atoms with Gasteiger partial charge in [0, 0.05) is 17.3 Å². The molecule has 0 aliphatic heterocycles. The number of nitrogens with two attached hydrogens (primary N) is 1. The van der Waals surface area contributed by atoms with E-state index in [4.69, 9.17) is 5.73 Å². The smallest absolute Gasteiger partial charge is 0.251 e. The molecule has 0 aliphatic carbocycles. The Balaban J connectivity index is 2.59. The molecule has 1 rings (SSSR count). The maximum Gasteiger partial charge on any atom is 0.251 e. The van der Waals surface area contributed by atoms with E-state index in [-0.39, 0.29) is 11.9 Å². The third kappa shape index (κ3) is 4.40. The fourth-order valence-electron chi connectivity index (χ4n) is 1.90. The SMILES string of the molecule is Cc1cc(N)ccc1C(=O)NC(C)CCC(C)C. The van der Waals surface area contributed by atoms with Gasteiger partial charge in [0.1, 0.15) is 0 Å². The van der Waals surface area contributed by atoms with Crippen molar-refractivity contribution in [3.05, 3.63) is 29.3 Å². The van der Waals surface area contributed by atoms with Crippen LogP contribution >= 0.6 is 0 Å². The maximum atomic E-state index is 12.1. The lowest BCUT2D eigenvalue weighted by atomic mass is 10.0. The Labute approximate surface area is 110 Å². The van der Waals surface area contributed by atoms with Crippen molar-refractivity contribution in [1.29, 1.82) is 0 Å². The highest BCUT2D eigenvalue weighted by Crippen LogP contribution is 2.13. The van der Waals surface area contributed by atoms with Crippen LogP contribution in [0.5, 0.6) is 0 Å². The number of hydrogen-bond acceptors (Lipinski definition) is 2. The second-order valence-corrected chi connectivity index (χ2v) is 5.42. The number of anilines is 1. The first kappa shape index (κ1) is 14.6. The summed E-state index contributed by atoms with van der Waals surface area (Å²) in [5.74, 6) is 0.659. The number of carbonyl (C=O) groups is 1. The van der Waals surface area contributed by atoms with Crippen molar-refractivity contribution in [1.82, 2.24) is 5.32 Å². The van der Waals surface area contributed by atoms with E-state index in [1.54, 1.807) is 12.1 Å². The van der Waals surface area contributed by atoms with E-state index in [2.05, 4.69) is 19.2 Å². The molecule has 1 unspecified atom stereocenters. The molecule has 0 heterocycles. The molecule has 1 aromatic carbocycles. The predicted octanol–water partition coefficient (Wildman–Crippen LogP) is 3.13. The van der Waals surface area contributed by atoms with Crippen LogP contribution in [-0.2, 0) is 0 Å². The number of aryl methyl sites for hydroxylation is 1. The highest BCUT2D eigenvalue weighted by molar-refractivity contribution is 5.96. The van der Waals surface area contributed by atoms with Gasteiger partial charge in [-0.2, -0.15) is 0 Å². The summed E-state index contributed by atoms with van der Waals surface area (Å²) < 4.78 is 0. The average Bonchev–Trinajstić information content (AvgIpc) is 2.26. The van der Waals surface area contributed by atoms with E-state index < -0.39 is 0 Å². The average molecular weight is 248 g/mol. The van der Waals surface area contributed by atoms with Gasteiger partial charge in [-0.1, -0.05) is 13.8 Å². The standard InChI is InChI=1S/C15H24N2O/c1-10(2)5-6-12(4)17-15(18)14-8-7-13(16)9-11(14)3/h7-10,12H,5-6,16H2,1-4H3,(H,17,18). The fourth-order valence-corrected chi connectivity index (χ4v) is 1.90. The third-order valence-corrected chi connectivity index (χ3v) is 3.05. The van der Waals surface area contributed by atoms with Crippen LogP contribution < -0.4 is 11.1 Å². The van der Waals surface area contributed by atoms with Crippen LogP contribution in [0, 0.1) is 12.8 Å². The summed E-state index contributed by atoms with van der Waals surface area (Å²) in [7, 11) is 0. The second-order valence-electron chi connectivity index (χ2n) is 5.42. The summed E-state index contributed by atoms with van der Waals surface area (Å²) in [5.41, 5.74) is 8.00. The van der Waals surface area contributed by atoms with Gasteiger partial charge in [0.15, 0.2) is 0 Å². The summed E-state index contributed by atoms with van der Waals surface area (Å²) in [4.78, 5) is 12.1. The summed E-state index contributed by atoms with van der Waals surface area (Å²) in [5, 5.41) is 3.03. The molecule has 0 saturated carbocycles. The molecular weight excluding hydrogens is 224 g/mol. The molecule has 0 aromatic heterocycles. The van der Waals surface area contributed by atoms with Crippen molar-refractivity contribution in [2.45, 2.75) is 46.6 Å². The minimum absolute atomic E-state index is 0.0104. The van der Waals surface area contributed by atoms with Gasteiger partial charge >= 0.3 is 0 Å². The lowest BCUT2D eigenvalue weighted by Crippen LogP contribution is -2.33. The summed E-state index contributed by atoms with van der Waals surface area (Å²) >= 11 is 0. The summed E-state index contributed by atoms with van der Waals surface area (Å²) in [6, 6.07) is 5.58. The van der Waals surface area contributed by atoms with E-state index in [0.29, 0.717) is 17.2 Å². The molecule has 0 saturated heterocycles. The molecule has 100 valence electrons. The number of nitrogen functional groups attached to an aromatic ring is 1. The fraction of sp³-hybridized carbons (Fsp3) is 0.533.